The van der Waals surface area contributed by atoms with Gasteiger partial charge in [0, 0.05) is 17.0 Å². The number of carbonyl (C=O) groups is 1. The quantitative estimate of drug-likeness (QED) is 0.814. The smallest absolute Gasteiger partial charge is 0.328 e. The van der Waals surface area contributed by atoms with Crippen LogP contribution in [0.3, 0.4) is 0 Å². The van der Waals surface area contributed by atoms with E-state index in [0.717, 1.165) is 11.3 Å². The highest BCUT2D eigenvalue weighted by Crippen LogP contribution is 2.21. The first-order valence-electron chi connectivity index (χ1n) is 6.61. The number of hydrogen-bond acceptors (Lipinski definition) is 4. The van der Waals surface area contributed by atoms with Crippen LogP contribution in [0.15, 0.2) is 29.2 Å². The zero-order valence-corrected chi connectivity index (χ0v) is 14.4. The number of hydrogen-bond donors (Lipinski definition) is 2. The molecular weight excluding hydrogens is 308 g/mol. The van der Waals surface area contributed by atoms with Crippen LogP contribution in [-0.2, 0) is 10.0 Å². The molecule has 0 aromatic heterocycles. The summed E-state index contributed by atoms with van der Waals surface area (Å²) in [7, 11) is -3.81. The molecule has 118 valence electrons. The summed E-state index contributed by atoms with van der Waals surface area (Å²) in [6, 6.07) is 5.62. The average molecular weight is 330 g/mol. The van der Waals surface area contributed by atoms with Crippen molar-refractivity contribution in [3.63, 3.8) is 0 Å². The van der Waals surface area contributed by atoms with E-state index in [1.807, 2.05) is 11.6 Å². The van der Waals surface area contributed by atoms with E-state index in [4.69, 9.17) is 0 Å². The molecule has 7 heteroatoms. The van der Waals surface area contributed by atoms with Crippen LogP contribution in [0.5, 0.6) is 0 Å². The molecule has 0 aliphatic carbocycles. The maximum absolute atomic E-state index is 12.0. The number of sulfonamides is 1. The summed E-state index contributed by atoms with van der Waals surface area (Å²) in [6.45, 7) is 8.53. The number of benzene rings is 1. The number of rotatable bonds is 5. The Hall–Kier alpha value is -1.21. The number of amides is 2. The van der Waals surface area contributed by atoms with Crippen LogP contribution >= 0.6 is 11.8 Å². The fourth-order valence-electron chi connectivity index (χ4n) is 1.46. The SMILES string of the molecule is Cc1ccc(S(=O)(=O)NC(=O)NCCSC(C)(C)C)cc1. The van der Waals surface area contributed by atoms with Crippen molar-refractivity contribution in [2.75, 3.05) is 12.3 Å². The van der Waals surface area contributed by atoms with Gasteiger partial charge in [0.05, 0.1) is 4.90 Å². The second kappa shape index (κ2) is 7.17. The third-order valence-electron chi connectivity index (χ3n) is 2.48. The van der Waals surface area contributed by atoms with Crippen LogP contribution in [0.1, 0.15) is 26.3 Å². The largest absolute Gasteiger partial charge is 0.336 e. The van der Waals surface area contributed by atoms with Crippen LogP contribution in [0.2, 0.25) is 0 Å². The van der Waals surface area contributed by atoms with Gasteiger partial charge in [0.25, 0.3) is 10.0 Å². The Kier molecular flexibility index (Phi) is 6.10. The highest BCUT2D eigenvalue weighted by Gasteiger charge is 2.17. The third kappa shape index (κ3) is 6.86. The van der Waals surface area contributed by atoms with Crippen molar-refractivity contribution >= 4 is 27.8 Å². The molecule has 1 aromatic carbocycles. The molecule has 0 saturated carbocycles. The monoisotopic (exact) mass is 330 g/mol. The van der Waals surface area contributed by atoms with Gasteiger partial charge in [0.2, 0.25) is 0 Å². The Morgan fingerprint density at radius 1 is 1.19 bits per heavy atom. The van der Waals surface area contributed by atoms with Crippen molar-refractivity contribution in [2.45, 2.75) is 37.3 Å². The molecule has 0 spiro atoms. The minimum Gasteiger partial charge on any atom is -0.336 e. The molecule has 0 unspecified atom stereocenters. The second-order valence-corrected chi connectivity index (χ2v) is 9.24. The molecule has 2 N–H and O–H groups in total. The lowest BCUT2D eigenvalue weighted by molar-refractivity contribution is 0.246. The lowest BCUT2D eigenvalue weighted by atomic mass is 10.2. The Bertz CT molecular complexity index is 575. The highest BCUT2D eigenvalue weighted by atomic mass is 32.2. The van der Waals surface area contributed by atoms with Gasteiger partial charge in [-0.1, -0.05) is 38.5 Å². The maximum atomic E-state index is 12.0. The fraction of sp³-hybridized carbons (Fsp3) is 0.500. The van der Waals surface area contributed by atoms with Gasteiger partial charge in [-0.15, -0.1) is 0 Å². The summed E-state index contributed by atoms with van der Waals surface area (Å²) < 4.78 is 26.1. The second-order valence-electron chi connectivity index (χ2n) is 5.64. The zero-order valence-electron chi connectivity index (χ0n) is 12.8. The molecule has 0 fully saturated rings. The first kappa shape index (κ1) is 17.8. The summed E-state index contributed by atoms with van der Waals surface area (Å²) >= 11 is 1.70. The molecule has 0 radical (unpaired) electrons. The highest BCUT2D eigenvalue weighted by molar-refractivity contribution is 8.00. The average Bonchev–Trinajstić information content (AvgIpc) is 2.33. The summed E-state index contributed by atoms with van der Waals surface area (Å²) in [6.07, 6.45) is 0. The lowest BCUT2D eigenvalue weighted by Gasteiger charge is -2.17. The summed E-state index contributed by atoms with van der Waals surface area (Å²) in [4.78, 5) is 11.7. The fourth-order valence-corrected chi connectivity index (χ4v) is 3.20. The minimum absolute atomic E-state index is 0.0762. The zero-order chi connectivity index (χ0) is 16.1. The van der Waals surface area contributed by atoms with Crippen LogP contribution in [0, 0.1) is 6.92 Å². The first-order chi connectivity index (χ1) is 9.60. The van der Waals surface area contributed by atoms with E-state index < -0.39 is 16.1 Å². The summed E-state index contributed by atoms with van der Waals surface area (Å²) in [5, 5.41) is 2.54. The third-order valence-corrected chi connectivity index (χ3v) is 5.10. The lowest BCUT2D eigenvalue weighted by Crippen LogP contribution is -2.40. The number of nitrogens with one attached hydrogen (secondary N) is 2. The van der Waals surface area contributed by atoms with Crippen LogP contribution in [0.4, 0.5) is 4.79 Å². The van der Waals surface area contributed by atoms with Crippen molar-refractivity contribution < 1.29 is 13.2 Å². The molecule has 1 aromatic rings. The van der Waals surface area contributed by atoms with Gasteiger partial charge in [-0.25, -0.2) is 17.9 Å². The Labute approximate surface area is 130 Å². The molecule has 0 bridgehead atoms. The molecule has 5 nitrogen and oxygen atoms in total. The number of urea groups is 1. The van der Waals surface area contributed by atoms with Crippen LogP contribution in [0.25, 0.3) is 0 Å². The summed E-state index contributed by atoms with van der Waals surface area (Å²) in [5.41, 5.74) is 0.956. The van der Waals surface area contributed by atoms with Crippen molar-refractivity contribution in [3.05, 3.63) is 29.8 Å². The van der Waals surface area contributed by atoms with Gasteiger partial charge >= 0.3 is 6.03 Å². The van der Waals surface area contributed by atoms with E-state index in [2.05, 4.69) is 26.1 Å². The molecule has 2 amide bonds. The van der Waals surface area contributed by atoms with E-state index in [0.29, 0.717) is 6.54 Å². The van der Waals surface area contributed by atoms with Crippen molar-refractivity contribution in [1.82, 2.24) is 10.0 Å². The Morgan fingerprint density at radius 3 is 2.29 bits per heavy atom. The standard InChI is InChI=1S/C14H22N2O3S2/c1-11-5-7-12(8-6-11)21(18,19)16-13(17)15-9-10-20-14(2,3)4/h5-8H,9-10H2,1-4H3,(H2,15,16,17). The van der Waals surface area contributed by atoms with Gasteiger partial charge in [-0.2, -0.15) is 11.8 Å². The molecule has 0 aliphatic rings. The first-order valence-corrected chi connectivity index (χ1v) is 9.08. The van der Waals surface area contributed by atoms with Crippen molar-refractivity contribution in [2.24, 2.45) is 0 Å². The molecule has 1 rings (SSSR count). The molecule has 0 heterocycles. The Balaban J connectivity index is 2.48. The predicted octanol–water partition coefficient (Wildman–Crippen LogP) is 2.51. The van der Waals surface area contributed by atoms with E-state index in [1.54, 1.807) is 23.9 Å². The van der Waals surface area contributed by atoms with E-state index in [9.17, 15) is 13.2 Å². The Morgan fingerprint density at radius 2 is 1.76 bits per heavy atom. The van der Waals surface area contributed by atoms with E-state index in [1.165, 1.54) is 12.1 Å². The number of thioether (sulfide) groups is 1. The minimum atomic E-state index is -3.81. The predicted molar refractivity (Wildman–Crippen MR) is 87.1 cm³/mol. The molecular formula is C14H22N2O3S2. The topological polar surface area (TPSA) is 75.3 Å². The van der Waals surface area contributed by atoms with Gasteiger partial charge in [0.15, 0.2) is 0 Å². The van der Waals surface area contributed by atoms with Gasteiger partial charge < -0.3 is 5.32 Å². The van der Waals surface area contributed by atoms with E-state index >= 15 is 0 Å². The van der Waals surface area contributed by atoms with Crippen molar-refractivity contribution in [3.8, 4) is 0 Å². The molecule has 0 atom stereocenters. The van der Waals surface area contributed by atoms with Crippen LogP contribution < -0.4 is 10.0 Å². The van der Waals surface area contributed by atoms with Crippen molar-refractivity contribution in [1.29, 1.82) is 0 Å². The summed E-state index contributed by atoms with van der Waals surface area (Å²) in [5.74, 6) is 0.724. The van der Waals surface area contributed by atoms with Gasteiger partial charge in [-0.05, 0) is 19.1 Å². The van der Waals surface area contributed by atoms with Gasteiger partial charge in [0.1, 0.15) is 0 Å². The molecule has 0 saturated heterocycles. The molecule has 0 aliphatic heterocycles. The number of aryl methyl sites for hydroxylation is 1. The number of carbonyl (C=O) groups excluding carboxylic acids is 1. The maximum Gasteiger partial charge on any atom is 0.328 e. The van der Waals surface area contributed by atoms with E-state index in [-0.39, 0.29) is 9.64 Å². The normalized spacial score (nSPS) is 12.0. The van der Waals surface area contributed by atoms with Crippen LogP contribution in [-0.4, -0.2) is 31.5 Å². The van der Waals surface area contributed by atoms with Gasteiger partial charge in [-0.3, -0.25) is 0 Å². The molecule has 21 heavy (non-hydrogen) atoms.